The maximum absolute atomic E-state index is 12.5. The van der Waals surface area contributed by atoms with Gasteiger partial charge >= 0.3 is 0 Å². The van der Waals surface area contributed by atoms with Crippen LogP contribution in [0.3, 0.4) is 0 Å². The number of carbonyl (C=O) groups excluding carboxylic acids is 2. The molecular formula is C16H18N2O2. The first-order valence-electron chi connectivity index (χ1n) is 6.72. The van der Waals surface area contributed by atoms with Gasteiger partial charge in [0.05, 0.1) is 23.6 Å². The van der Waals surface area contributed by atoms with Crippen molar-refractivity contribution in [1.82, 2.24) is 4.90 Å². The minimum Gasteiger partial charge on any atom is -0.278 e. The number of carbonyl (C=O) groups is 2. The first-order valence-corrected chi connectivity index (χ1v) is 6.72. The molecule has 1 fully saturated rings. The highest BCUT2D eigenvalue weighted by Gasteiger charge is 2.49. The topological polar surface area (TPSA) is 61.2 Å². The average molecular weight is 270 g/mol. The average Bonchev–Trinajstić information content (AvgIpc) is 2.64. The summed E-state index contributed by atoms with van der Waals surface area (Å²) < 4.78 is 0. The first kappa shape index (κ1) is 14.3. The van der Waals surface area contributed by atoms with Gasteiger partial charge in [-0.1, -0.05) is 26.0 Å². The number of amides is 2. The van der Waals surface area contributed by atoms with Crippen molar-refractivity contribution in [2.45, 2.75) is 33.7 Å². The SMILES string of the molecule is CC(C)C1(C)CC(=O)N(Cc2cccc(C#N)c2)C1=O. The van der Waals surface area contributed by atoms with Gasteiger partial charge in [0.15, 0.2) is 0 Å². The molecule has 4 heteroatoms. The predicted octanol–water partition coefficient (Wildman–Crippen LogP) is 2.48. The van der Waals surface area contributed by atoms with Crippen molar-refractivity contribution < 1.29 is 9.59 Å². The van der Waals surface area contributed by atoms with Gasteiger partial charge in [0.1, 0.15) is 0 Å². The molecule has 1 aliphatic heterocycles. The van der Waals surface area contributed by atoms with Crippen molar-refractivity contribution in [2.75, 3.05) is 0 Å². The summed E-state index contributed by atoms with van der Waals surface area (Å²) in [6.45, 7) is 6.02. The molecule has 1 aromatic carbocycles. The molecule has 0 N–H and O–H groups in total. The summed E-state index contributed by atoms with van der Waals surface area (Å²) in [6, 6.07) is 9.07. The van der Waals surface area contributed by atoms with Crippen molar-refractivity contribution in [3.8, 4) is 6.07 Å². The molecule has 0 aromatic heterocycles. The zero-order valence-electron chi connectivity index (χ0n) is 12.0. The van der Waals surface area contributed by atoms with Crippen LogP contribution < -0.4 is 0 Å². The van der Waals surface area contributed by atoms with Gasteiger partial charge in [-0.05, 0) is 30.5 Å². The molecule has 0 aliphatic carbocycles. The summed E-state index contributed by atoms with van der Waals surface area (Å²) in [7, 11) is 0. The molecule has 0 saturated carbocycles. The molecule has 1 heterocycles. The molecule has 4 nitrogen and oxygen atoms in total. The first-order chi connectivity index (χ1) is 9.38. The normalized spacial score (nSPS) is 22.4. The second-order valence-electron chi connectivity index (χ2n) is 5.85. The lowest BCUT2D eigenvalue weighted by molar-refractivity contribution is -0.142. The van der Waals surface area contributed by atoms with E-state index in [1.165, 1.54) is 4.90 Å². The number of imide groups is 1. The largest absolute Gasteiger partial charge is 0.278 e. The number of hydrogen-bond acceptors (Lipinski definition) is 3. The second kappa shape index (κ2) is 5.09. The van der Waals surface area contributed by atoms with E-state index in [0.29, 0.717) is 5.56 Å². The van der Waals surface area contributed by atoms with Crippen molar-refractivity contribution >= 4 is 11.8 Å². The second-order valence-corrected chi connectivity index (χ2v) is 5.85. The van der Waals surface area contributed by atoms with Crippen molar-refractivity contribution in [1.29, 1.82) is 5.26 Å². The lowest BCUT2D eigenvalue weighted by atomic mass is 9.78. The van der Waals surface area contributed by atoms with Gasteiger partial charge in [-0.3, -0.25) is 14.5 Å². The Balaban J connectivity index is 2.24. The van der Waals surface area contributed by atoms with E-state index in [4.69, 9.17) is 5.26 Å². The van der Waals surface area contributed by atoms with Crippen LogP contribution >= 0.6 is 0 Å². The maximum Gasteiger partial charge on any atom is 0.236 e. The Morgan fingerprint density at radius 3 is 2.65 bits per heavy atom. The summed E-state index contributed by atoms with van der Waals surface area (Å²) in [4.78, 5) is 25.9. The lowest BCUT2D eigenvalue weighted by Gasteiger charge is -2.26. The minimum absolute atomic E-state index is 0.111. The smallest absolute Gasteiger partial charge is 0.236 e. The van der Waals surface area contributed by atoms with Gasteiger partial charge in [-0.2, -0.15) is 5.26 Å². The molecule has 104 valence electrons. The number of nitriles is 1. The maximum atomic E-state index is 12.5. The molecular weight excluding hydrogens is 252 g/mol. The minimum atomic E-state index is -0.607. The van der Waals surface area contributed by atoms with Gasteiger partial charge in [-0.15, -0.1) is 0 Å². The van der Waals surface area contributed by atoms with E-state index in [0.717, 1.165) is 5.56 Å². The Morgan fingerprint density at radius 1 is 1.40 bits per heavy atom. The van der Waals surface area contributed by atoms with E-state index >= 15 is 0 Å². The van der Waals surface area contributed by atoms with Crippen LogP contribution in [0.5, 0.6) is 0 Å². The lowest BCUT2D eigenvalue weighted by Crippen LogP contribution is -2.36. The zero-order valence-corrected chi connectivity index (χ0v) is 12.0. The van der Waals surface area contributed by atoms with E-state index in [1.807, 2.05) is 26.8 Å². The summed E-state index contributed by atoms with van der Waals surface area (Å²) in [6.07, 6.45) is 0.265. The molecule has 0 bridgehead atoms. The Kier molecular flexibility index (Phi) is 3.63. The Hall–Kier alpha value is -2.15. The van der Waals surface area contributed by atoms with Gasteiger partial charge < -0.3 is 0 Å². The summed E-state index contributed by atoms with van der Waals surface area (Å²) in [5, 5.41) is 8.89. The van der Waals surface area contributed by atoms with Gasteiger partial charge in [0.25, 0.3) is 0 Å². The molecule has 1 unspecified atom stereocenters. The van der Waals surface area contributed by atoms with Crippen LogP contribution in [0.1, 0.15) is 38.3 Å². The summed E-state index contributed by atoms with van der Waals surface area (Å²) in [5.41, 5.74) is 0.733. The van der Waals surface area contributed by atoms with E-state index < -0.39 is 5.41 Å². The van der Waals surface area contributed by atoms with Crippen molar-refractivity contribution in [3.05, 3.63) is 35.4 Å². The number of likely N-dealkylation sites (tertiary alicyclic amines) is 1. The Morgan fingerprint density at radius 2 is 2.10 bits per heavy atom. The third kappa shape index (κ3) is 2.32. The van der Waals surface area contributed by atoms with E-state index in [9.17, 15) is 9.59 Å². The third-order valence-electron chi connectivity index (χ3n) is 4.22. The molecule has 1 aliphatic rings. The van der Waals surface area contributed by atoms with Crippen molar-refractivity contribution in [3.63, 3.8) is 0 Å². The molecule has 2 amide bonds. The quantitative estimate of drug-likeness (QED) is 0.793. The Bertz CT molecular complexity index is 601. The zero-order chi connectivity index (χ0) is 14.9. The summed E-state index contributed by atoms with van der Waals surface area (Å²) in [5.74, 6) is -0.122. The van der Waals surface area contributed by atoms with Crippen LogP contribution in [0, 0.1) is 22.7 Å². The van der Waals surface area contributed by atoms with Gasteiger partial charge in [0, 0.05) is 6.42 Å². The highest BCUT2D eigenvalue weighted by molar-refractivity contribution is 6.05. The van der Waals surface area contributed by atoms with Gasteiger partial charge in [-0.25, -0.2) is 0 Å². The fourth-order valence-corrected chi connectivity index (χ4v) is 2.44. The molecule has 1 saturated heterocycles. The highest BCUT2D eigenvalue weighted by Crippen LogP contribution is 2.39. The number of nitrogens with zero attached hydrogens (tertiary/aromatic N) is 2. The van der Waals surface area contributed by atoms with Crippen molar-refractivity contribution in [2.24, 2.45) is 11.3 Å². The Labute approximate surface area is 119 Å². The monoisotopic (exact) mass is 270 g/mol. The number of rotatable bonds is 3. The van der Waals surface area contributed by atoms with Crippen LogP contribution in [0.25, 0.3) is 0 Å². The molecule has 1 atom stereocenters. The molecule has 20 heavy (non-hydrogen) atoms. The molecule has 0 spiro atoms. The summed E-state index contributed by atoms with van der Waals surface area (Å²) >= 11 is 0. The molecule has 1 aromatic rings. The fraction of sp³-hybridized carbons (Fsp3) is 0.438. The number of hydrogen-bond donors (Lipinski definition) is 0. The van der Waals surface area contributed by atoms with E-state index in [1.54, 1.807) is 18.2 Å². The van der Waals surface area contributed by atoms with Gasteiger partial charge in [0.2, 0.25) is 11.8 Å². The van der Waals surface area contributed by atoms with Crippen LogP contribution in [-0.4, -0.2) is 16.7 Å². The number of benzene rings is 1. The van der Waals surface area contributed by atoms with Crippen LogP contribution in [0.2, 0.25) is 0 Å². The standard InChI is InChI=1S/C16H18N2O2/c1-11(2)16(3)8-14(19)18(15(16)20)10-13-6-4-5-12(7-13)9-17/h4-7,11H,8,10H2,1-3H3. The fourth-order valence-electron chi connectivity index (χ4n) is 2.44. The van der Waals surface area contributed by atoms with Crippen LogP contribution in [0.15, 0.2) is 24.3 Å². The molecule has 0 radical (unpaired) electrons. The molecule has 2 rings (SSSR count). The highest BCUT2D eigenvalue weighted by atomic mass is 16.2. The van der Waals surface area contributed by atoms with Crippen LogP contribution in [-0.2, 0) is 16.1 Å². The third-order valence-corrected chi connectivity index (χ3v) is 4.22. The van der Waals surface area contributed by atoms with E-state index in [-0.39, 0.29) is 30.7 Å². The van der Waals surface area contributed by atoms with Crippen LogP contribution in [0.4, 0.5) is 0 Å². The van der Waals surface area contributed by atoms with E-state index in [2.05, 4.69) is 6.07 Å². The predicted molar refractivity (Wildman–Crippen MR) is 74.3 cm³/mol.